The van der Waals surface area contributed by atoms with E-state index in [-0.39, 0.29) is 5.91 Å². The molecule has 0 unspecified atom stereocenters. The lowest BCUT2D eigenvalue weighted by atomic mass is 10.1. The summed E-state index contributed by atoms with van der Waals surface area (Å²) < 4.78 is 5.52. The lowest BCUT2D eigenvalue weighted by Crippen LogP contribution is -2.37. The van der Waals surface area contributed by atoms with Crippen molar-refractivity contribution < 1.29 is 9.53 Å². The van der Waals surface area contributed by atoms with Gasteiger partial charge in [-0.2, -0.15) is 0 Å². The van der Waals surface area contributed by atoms with Crippen LogP contribution in [-0.2, 0) is 4.79 Å². The number of carbonyl (C=O) groups is 1. The monoisotopic (exact) mass is 269 g/mol. The Bertz CT molecular complexity index is 376. The van der Waals surface area contributed by atoms with Gasteiger partial charge in [-0.15, -0.1) is 0 Å². The molecule has 0 spiro atoms. The van der Waals surface area contributed by atoms with E-state index in [0.29, 0.717) is 23.2 Å². The molecule has 0 aliphatic heterocycles. The van der Waals surface area contributed by atoms with Gasteiger partial charge in [0.1, 0.15) is 5.75 Å². The van der Waals surface area contributed by atoms with Crippen LogP contribution in [0, 0.1) is 5.92 Å². The summed E-state index contributed by atoms with van der Waals surface area (Å²) in [6.45, 7) is 6.67. The zero-order valence-electron chi connectivity index (χ0n) is 11.1. The molecule has 100 valence electrons. The topological polar surface area (TPSA) is 38.3 Å². The molecule has 1 amide bonds. The van der Waals surface area contributed by atoms with Gasteiger partial charge in [0.05, 0.1) is 0 Å². The first-order chi connectivity index (χ1) is 8.49. The van der Waals surface area contributed by atoms with Crippen molar-refractivity contribution >= 4 is 17.5 Å². The quantitative estimate of drug-likeness (QED) is 0.861. The van der Waals surface area contributed by atoms with Crippen LogP contribution in [0.2, 0.25) is 5.02 Å². The van der Waals surface area contributed by atoms with Crippen molar-refractivity contribution in [1.29, 1.82) is 0 Å². The summed E-state index contributed by atoms with van der Waals surface area (Å²) >= 11 is 5.77. The van der Waals surface area contributed by atoms with Gasteiger partial charge in [0.2, 0.25) is 0 Å². The van der Waals surface area contributed by atoms with Crippen LogP contribution in [0.25, 0.3) is 0 Å². The van der Waals surface area contributed by atoms with Crippen molar-refractivity contribution in [2.45, 2.75) is 33.3 Å². The van der Waals surface area contributed by atoms with Crippen LogP contribution in [0.3, 0.4) is 0 Å². The van der Waals surface area contributed by atoms with Gasteiger partial charge in [0.15, 0.2) is 6.10 Å². The first-order valence-corrected chi connectivity index (χ1v) is 6.56. The van der Waals surface area contributed by atoms with Crippen LogP contribution in [0.4, 0.5) is 0 Å². The van der Waals surface area contributed by atoms with Crippen LogP contribution in [-0.4, -0.2) is 18.6 Å². The lowest BCUT2D eigenvalue weighted by molar-refractivity contribution is -0.127. The Labute approximate surface area is 113 Å². The molecular weight excluding hydrogens is 250 g/mol. The first-order valence-electron chi connectivity index (χ1n) is 6.19. The Morgan fingerprint density at radius 3 is 2.44 bits per heavy atom. The van der Waals surface area contributed by atoms with Crippen molar-refractivity contribution in [2.24, 2.45) is 5.92 Å². The van der Waals surface area contributed by atoms with Gasteiger partial charge in [-0.3, -0.25) is 4.79 Å². The molecule has 1 rings (SSSR count). The number of rotatable bonds is 6. The molecule has 0 aliphatic carbocycles. The smallest absolute Gasteiger partial charge is 0.260 e. The minimum Gasteiger partial charge on any atom is -0.481 e. The first kappa shape index (κ1) is 14.8. The van der Waals surface area contributed by atoms with E-state index in [1.807, 2.05) is 0 Å². The summed E-state index contributed by atoms with van der Waals surface area (Å²) in [5.41, 5.74) is 0. The Hall–Kier alpha value is -1.22. The number of hydrogen-bond acceptors (Lipinski definition) is 2. The van der Waals surface area contributed by atoms with Crippen molar-refractivity contribution in [3.63, 3.8) is 0 Å². The maximum absolute atomic E-state index is 11.7. The van der Waals surface area contributed by atoms with Crippen LogP contribution in [0.1, 0.15) is 27.2 Å². The van der Waals surface area contributed by atoms with E-state index < -0.39 is 6.10 Å². The lowest BCUT2D eigenvalue weighted by Gasteiger charge is -2.15. The van der Waals surface area contributed by atoms with E-state index in [0.717, 1.165) is 6.42 Å². The van der Waals surface area contributed by atoms with Crippen LogP contribution < -0.4 is 10.1 Å². The van der Waals surface area contributed by atoms with E-state index in [2.05, 4.69) is 19.2 Å². The summed E-state index contributed by atoms with van der Waals surface area (Å²) in [4.78, 5) is 11.7. The molecule has 1 N–H and O–H groups in total. The van der Waals surface area contributed by atoms with E-state index in [4.69, 9.17) is 16.3 Å². The highest BCUT2D eigenvalue weighted by atomic mass is 35.5. The molecule has 3 nitrogen and oxygen atoms in total. The average Bonchev–Trinajstić information content (AvgIpc) is 2.31. The van der Waals surface area contributed by atoms with Gasteiger partial charge in [0.25, 0.3) is 5.91 Å². The number of amides is 1. The van der Waals surface area contributed by atoms with E-state index in [1.165, 1.54) is 0 Å². The van der Waals surface area contributed by atoms with Gasteiger partial charge < -0.3 is 10.1 Å². The Balaban J connectivity index is 2.37. The summed E-state index contributed by atoms with van der Waals surface area (Å²) in [5.74, 6) is 1.13. The van der Waals surface area contributed by atoms with Crippen molar-refractivity contribution in [2.75, 3.05) is 6.54 Å². The summed E-state index contributed by atoms with van der Waals surface area (Å²) in [6.07, 6.45) is 0.470. The van der Waals surface area contributed by atoms with Crippen molar-refractivity contribution in [3.8, 4) is 5.75 Å². The minimum absolute atomic E-state index is 0.0920. The number of ether oxygens (including phenoxy) is 1. The predicted octanol–water partition coefficient (Wildman–Crippen LogP) is 3.27. The molecule has 0 saturated heterocycles. The molecule has 0 aromatic heterocycles. The van der Waals surface area contributed by atoms with Gasteiger partial charge in [-0.1, -0.05) is 25.4 Å². The van der Waals surface area contributed by atoms with Gasteiger partial charge in [-0.25, -0.2) is 0 Å². The summed E-state index contributed by atoms with van der Waals surface area (Å²) in [6, 6.07) is 6.97. The second-order valence-electron chi connectivity index (χ2n) is 4.69. The number of nitrogens with one attached hydrogen (secondary N) is 1. The second kappa shape index (κ2) is 7.27. The fourth-order valence-corrected chi connectivity index (χ4v) is 1.52. The molecule has 1 atom stereocenters. The van der Waals surface area contributed by atoms with Crippen LogP contribution in [0.5, 0.6) is 5.75 Å². The SMILES string of the molecule is CC(C)CCNC(=O)[C@H](C)Oc1ccc(Cl)cc1. The third-order valence-electron chi connectivity index (χ3n) is 2.52. The third kappa shape index (κ3) is 5.41. The molecule has 0 bridgehead atoms. The largest absolute Gasteiger partial charge is 0.481 e. The number of benzene rings is 1. The highest BCUT2D eigenvalue weighted by molar-refractivity contribution is 6.30. The van der Waals surface area contributed by atoms with Crippen molar-refractivity contribution in [3.05, 3.63) is 29.3 Å². The number of carbonyl (C=O) groups excluding carboxylic acids is 1. The standard InChI is InChI=1S/C14H20ClNO2/c1-10(2)8-9-16-14(17)11(3)18-13-6-4-12(15)5-7-13/h4-7,10-11H,8-9H2,1-3H3,(H,16,17)/t11-/m0/s1. The zero-order valence-corrected chi connectivity index (χ0v) is 11.8. The zero-order chi connectivity index (χ0) is 13.5. The highest BCUT2D eigenvalue weighted by Crippen LogP contribution is 2.16. The van der Waals surface area contributed by atoms with E-state index >= 15 is 0 Å². The fourth-order valence-electron chi connectivity index (χ4n) is 1.40. The molecule has 0 radical (unpaired) electrons. The number of hydrogen-bond donors (Lipinski definition) is 1. The minimum atomic E-state index is -0.502. The molecule has 0 saturated carbocycles. The Kier molecular flexibility index (Phi) is 5.99. The van der Waals surface area contributed by atoms with Gasteiger partial charge in [0, 0.05) is 11.6 Å². The summed E-state index contributed by atoms with van der Waals surface area (Å²) in [7, 11) is 0. The number of halogens is 1. The summed E-state index contributed by atoms with van der Waals surface area (Å²) in [5, 5.41) is 3.50. The molecule has 0 aliphatic rings. The van der Waals surface area contributed by atoms with Crippen LogP contribution in [0.15, 0.2) is 24.3 Å². The molecule has 1 aromatic carbocycles. The van der Waals surface area contributed by atoms with E-state index in [1.54, 1.807) is 31.2 Å². The molecule has 0 fully saturated rings. The second-order valence-corrected chi connectivity index (χ2v) is 5.12. The van der Waals surface area contributed by atoms with Gasteiger partial charge in [-0.05, 0) is 43.5 Å². The normalized spacial score (nSPS) is 12.3. The third-order valence-corrected chi connectivity index (χ3v) is 2.77. The van der Waals surface area contributed by atoms with E-state index in [9.17, 15) is 4.79 Å². The maximum atomic E-state index is 11.7. The average molecular weight is 270 g/mol. The van der Waals surface area contributed by atoms with Gasteiger partial charge >= 0.3 is 0 Å². The highest BCUT2D eigenvalue weighted by Gasteiger charge is 2.13. The molecule has 1 aromatic rings. The fraction of sp³-hybridized carbons (Fsp3) is 0.500. The van der Waals surface area contributed by atoms with Crippen molar-refractivity contribution in [1.82, 2.24) is 5.32 Å². The molecular formula is C14H20ClNO2. The molecule has 0 heterocycles. The predicted molar refractivity (Wildman–Crippen MR) is 74.0 cm³/mol. The maximum Gasteiger partial charge on any atom is 0.260 e. The molecule has 18 heavy (non-hydrogen) atoms. The van der Waals surface area contributed by atoms with Crippen LogP contribution >= 0.6 is 11.6 Å². The Morgan fingerprint density at radius 2 is 1.89 bits per heavy atom. The molecule has 4 heteroatoms. The Morgan fingerprint density at radius 1 is 1.28 bits per heavy atom.